The monoisotopic (exact) mass is 296 g/mol. The van der Waals surface area contributed by atoms with Crippen LogP contribution in [0.2, 0.25) is 0 Å². The molecule has 1 aliphatic heterocycles. The van der Waals surface area contributed by atoms with Gasteiger partial charge in [0.05, 0.1) is 0 Å². The van der Waals surface area contributed by atoms with Gasteiger partial charge in [0.2, 0.25) is 0 Å². The fourth-order valence-electron chi connectivity index (χ4n) is 2.46. The Morgan fingerprint density at radius 2 is 2.23 bits per heavy atom. The minimum Gasteiger partial charge on any atom is -0.488 e. The quantitative estimate of drug-likeness (QED) is 0.758. The molecule has 7 nitrogen and oxygen atoms in total. The van der Waals surface area contributed by atoms with Gasteiger partial charge in [-0.1, -0.05) is 17.3 Å². The van der Waals surface area contributed by atoms with E-state index >= 15 is 0 Å². The number of amides is 1. The molecule has 0 saturated carbocycles. The van der Waals surface area contributed by atoms with E-state index in [0.717, 1.165) is 22.6 Å². The highest BCUT2D eigenvalue weighted by Crippen LogP contribution is 2.37. The summed E-state index contributed by atoms with van der Waals surface area (Å²) in [4.78, 5) is 12.3. The number of benzene rings is 1. The van der Waals surface area contributed by atoms with Crippen molar-refractivity contribution in [1.29, 1.82) is 0 Å². The highest BCUT2D eigenvalue weighted by Gasteiger charge is 2.26. The van der Waals surface area contributed by atoms with E-state index in [9.17, 15) is 4.79 Å². The van der Waals surface area contributed by atoms with Crippen molar-refractivity contribution in [3.05, 3.63) is 47.3 Å². The number of ether oxygens (including phenoxy) is 1. The normalized spacial score (nSPS) is 12.2. The number of H-pyrrole nitrogens is 1. The molecule has 0 bridgehead atoms. The molecule has 1 amide bonds. The Bertz CT molecular complexity index is 865. The van der Waals surface area contributed by atoms with Gasteiger partial charge in [-0.25, -0.2) is 0 Å². The molecule has 3 heterocycles. The topological polar surface area (TPSA) is 93.0 Å². The molecule has 110 valence electrons. The van der Waals surface area contributed by atoms with Gasteiger partial charge in [-0.05, 0) is 19.1 Å². The Hall–Kier alpha value is -3.09. The number of aromatic nitrogens is 3. The van der Waals surface area contributed by atoms with E-state index in [2.05, 4.69) is 20.7 Å². The molecule has 2 N–H and O–H groups in total. The standard InChI is InChI=1S/C15H12N4O3/c1-8-6-12(19-22-8)16-15(20)14-10-7-21-11-5-3-2-4-9(11)13(10)17-18-14/h2-6H,7H2,1H3,(H,17,18)(H,16,19,20). The lowest BCUT2D eigenvalue weighted by molar-refractivity contribution is 0.101. The smallest absolute Gasteiger partial charge is 0.275 e. The zero-order valence-corrected chi connectivity index (χ0v) is 11.7. The molecule has 0 spiro atoms. The van der Waals surface area contributed by atoms with Gasteiger partial charge < -0.3 is 14.6 Å². The fraction of sp³-hybridized carbons (Fsp3) is 0.133. The number of nitrogens with zero attached hydrogens (tertiary/aromatic N) is 2. The van der Waals surface area contributed by atoms with Gasteiger partial charge in [-0.2, -0.15) is 5.10 Å². The summed E-state index contributed by atoms with van der Waals surface area (Å²) >= 11 is 0. The Balaban J connectivity index is 1.68. The van der Waals surface area contributed by atoms with E-state index in [1.165, 1.54) is 0 Å². The van der Waals surface area contributed by atoms with E-state index in [0.29, 0.717) is 23.9 Å². The number of aromatic amines is 1. The number of rotatable bonds is 2. The van der Waals surface area contributed by atoms with Crippen LogP contribution in [0.15, 0.2) is 34.9 Å². The number of hydrogen-bond acceptors (Lipinski definition) is 5. The lowest BCUT2D eigenvalue weighted by Gasteiger charge is -2.16. The number of para-hydroxylation sites is 1. The van der Waals surface area contributed by atoms with Gasteiger partial charge in [0.25, 0.3) is 5.91 Å². The maximum absolute atomic E-state index is 12.3. The van der Waals surface area contributed by atoms with Crippen LogP contribution in [0.3, 0.4) is 0 Å². The van der Waals surface area contributed by atoms with Crippen molar-refractivity contribution in [2.45, 2.75) is 13.5 Å². The van der Waals surface area contributed by atoms with Crippen LogP contribution >= 0.6 is 0 Å². The number of anilines is 1. The zero-order valence-electron chi connectivity index (χ0n) is 11.7. The van der Waals surface area contributed by atoms with Crippen LogP contribution < -0.4 is 10.1 Å². The molecule has 0 fully saturated rings. The maximum atomic E-state index is 12.3. The number of nitrogens with one attached hydrogen (secondary N) is 2. The Morgan fingerprint density at radius 1 is 1.36 bits per heavy atom. The van der Waals surface area contributed by atoms with Crippen molar-refractivity contribution in [2.24, 2.45) is 0 Å². The second-order valence-corrected chi connectivity index (χ2v) is 4.99. The van der Waals surface area contributed by atoms with Crippen LogP contribution in [0, 0.1) is 6.92 Å². The number of aryl methyl sites for hydroxylation is 1. The number of carbonyl (C=O) groups excluding carboxylic acids is 1. The first kappa shape index (κ1) is 12.6. The molecule has 2 aromatic heterocycles. The summed E-state index contributed by atoms with van der Waals surface area (Å²) < 4.78 is 10.6. The van der Waals surface area contributed by atoms with Crippen LogP contribution in [0.25, 0.3) is 11.3 Å². The van der Waals surface area contributed by atoms with E-state index in [4.69, 9.17) is 9.26 Å². The predicted molar refractivity (Wildman–Crippen MR) is 77.5 cm³/mol. The van der Waals surface area contributed by atoms with Gasteiger partial charge in [-0.15, -0.1) is 0 Å². The molecular formula is C15H12N4O3. The van der Waals surface area contributed by atoms with Crippen LogP contribution in [0.4, 0.5) is 5.82 Å². The summed E-state index contributed by atoms with van der Waals surface area (Å²) in [6.45, 7) is 2.05. The van der Waals surface area contributed by atoms with Crippen LogP contribution in [-0.2, 0) is 6.61 Å². The third kappa shape index (κ3) is 1.95. The third-order valence-electron chi connectivity index (χ3n) is 3.48. The average molecular weight is 296 g/mol. The van der Waals surface area contributed by atoms with E-state index in [-0.39, 0.29) is 5.91 Å². The Morgan fingerprint density at radius 3 is 3.05 bits per heavy atom. The molecule has 0 aliphatic carbocycles. The maximum Gasteiger partial charge on any atom is 0.275 e. The highest BCUT2D eigenvalue weighted by molar-refractivity contribution is 6.04. The molecule has 7 heteroatoms. The third-order valence-corrected chi connectivity index (χ3v) is 3.48. The van der Waals surface area contributed by atoms with Gasteiger partial charge >= 0.3 is 0 Å². The molecule has 1 aliphatic rings. The molecule has 0 atom stereocenters. The summed E-state index contributed by atoms with van der Waals surface area (Å²) in [7, 11) is 0. The van der Waals surface area contributed by atoms with Crippen molar-refractivity contribution < 1.29 is 14.1 Å². The predicted octanol–water partition coefficient (Wildman–Crippen LogP) is 2.52. The average Bonchev–Trinajstić information content (AvgIpc) is 3.13. The number of carbonyl (C=O) groups is 1. The minimum absolute atomic E-state index is 0.295. The van der Waals surface area contributed by atoms with Crippen molar-refractivity contribution >= 4 is 11.7 Å². The highest BCUT2D eigenvalue weighted by atomic mass is 16.5. The molecule has 0 radical (unpaired) electrons. The second kappa shape index (κ2) is 4.73. The molecule has 22 heavy (non-hydrogen) atoms. The lowest BCUT2D eigenvalue weighted by Crippen LogP contribution is -2.16. The number of hydrogen-bond donors (Lipinski definition) is 2. The molecule has 0 saturated heterocycles. The summed E-state index contributed by atoms with van der Waals surface area (Å²) in [5.41, 5.74) is 2.71. The lowest BCUT2D eigenvalue weighted by atomic mass is 10.0. The first-order valence-electron chi connectivity index (χ1n) is 6.76. The van der Waals surface area contributed by atoms with Crippen LogP contribution in [0.1, 0.15) is 21.8 Å². The van der Waals surface area contributed by atoms with E-state index in [1.54, 1.807) is 13.0 Å². The molecule has 4 rings (SSSR count). The van der Waals surface area contributed by atoms with Crippen molar-refractivity contribution in [3.8, 4) is 17.0 Å². The summed E-state index contributed by atoms with van der Waals surface area (Å²) in [5.74, 6) is 1.42. The largest absolute Gasteiger partial charge is 0.488 e. The molecule has 0 unspecified atom stereocenters. The van der Waals surface area contributed by atoms with E-state index < -0.39 is 0 Å². The minimum atomic E-state index is -0.329. The first-order valence-corrected chi connectivity index (χ1v) is 6.76. The van der Waals surface area contributed by atoms with Crippen molar-refractivity contribution in [3.63, 3.8) is 0 Å². The Labute approximate surface area is 125 Å². The van der Waals surface area contributed by atoms with Gasteiger partial charge in [0.15, 0.2) is 5.82 Å². The number of fused-ring (bicyclic) bond motifs is 3. The zero-order chi connectivity index (χ0) is 15.1. The Kier molecular flexibility index (Phi) is 2.72. The van der Waals surface area contributed by atoms with Crippen molar-refractivity contribution in [2.75, 3.05) is 5.32 Å². The summed E-state index contributed by atoms with van der Waals surface area (Å²) in [6, 6.07) is 9.25. The molecule has 3 aromatic rings. The van der Waals surface area contributed by atoms with Crippen molar-refractivity contribution in [1.82, 2.24) is 15.4 Å². The molecule has 1 aromatic carbocycles. The molecular weight excluding hydrogens is 284 g/mol. The van der Waals surface area contributed by atoms with Gasteiger partial charge in [0, 0.05) is 17.2 Å². The van der Waals surface area contributed by atoms with Gasteiger partial charge in [0.1, 0.15) is 29.5 Å². The second-order valence-electron chi connectivity index (χ2n) is 4.99. The summed E-state index contributed by atoms with van der Waals surface area (Å²) in [5, 5.41) is 13.4. The SMILES string of the molecule is Cc1cc(NC(=O)c2[nH]nc3c2COc2ccccc2-3)no1. The van der Waals surface area contributed by atoms with Crippen LogP contribution in [-0.4, -0.2) is 21.3 Å². The fourth-order valence-corrected chi connectivity index (χ4v) is 2.46. The van der Waals surface area contributed by atoms with E-state index in [1.807, 2.05) is 24.3 Å². The van der Waals surface area contributed by atoms with Crippen LogP contribution in [0.5, 0.6) is 5.75 Å². The van der Waals surface area contributed by atoms with Gasteiger partial charge in [-0.3, -0.25) is 9.89 Å². The first-order chi connectivity index (χ1) is 10.7. The summed E-state index contributed by atoms with van der Waals surface area (Å²) in [6.07, 6.45) is 0.